The Morgan fingerprint density at radius 1 is 1.09 bits per heavy atom. The van der Waals surface area contributed by atoms with Gasteiger partial charge in [-0.3, -0.25) is 19.2 Å². The average Bonchev–Trinajstić information content (AvgIpc) is 3.48. The van der Waals surface area contributed by atoms with Crippen LogP contribution in [-0.4, -0.2) is 81.7 Å². The van der Waals surface area contributed by atoms with Gasteiger partial charge < -0.3 is 40.8 Å². The Bertz CT molecular complexity index is 1910. The van der Waals surface area contributed by atoms with E-state index in [2.05, 4.69) is 27.2 Å². The highest BCUT2D eigenvalue weighted by molar-refractivity contribution is 7.14. The number of hydrogen-bond acceptors (Lipinski definition) is 10. The zero-order valence-corrected chi connectivity index (χ0v) is 32.9. The number of carboxylic acid groups (broad SMARTS) is 1. The molecule has 4 fully saturated rings. The molecule has 7 rings (SSSR count). The number of aromatic nitrogens is 2. The van der Waals surface area contributed by atoms with Gasteiger partial charge in [-0.1, -0.05) is 39.7 Å². The number of aromatic amines is 1. The number of H-pyrrole nitrogens is 1. The molecule has 0 spiro atoms. The van der Waals surface area contributed by atoms with Crippen molar-refractivity contribution in [2.75, 3.05) is 19.0 Å². The molecule has 4 aliphatic rings. The Hall–Kier alpha value is -4.92. The molecule has 3 heterocycles. The quantitative estimate of drug-likeness (QED) is 0.150. The van der Waals surface area contributed by atoms with Crippen LogP contribution in [0, 0.1) is 17.3 Å². The van der Waals surface area contributed by atoms with Crippen molar-refractivity contribution in [2.45, 2.75) is 109 Å². The highest BCUT2D eigenvalue weighted by Gasteiger charge is 2.42. The molecule has 14 nitrogen and oxygen atoms in total. The molecule has 0 radical (unpaired) electrons. The minimum Gasteiger partial charge on any atom is -0.497 e. The summed E-state index contributed by atoms with van der Waals surface area (Å²) < 4.78 is 10.5. The number of ether oxygens (including phenoxy) is 2. The first-order chi connectivity index (χ1) is 26.2. The van der Waals surface area contributed by atoms with Gasteiger partial charge in [-0.2, -0.15) is 0 Å². The standard InChI is InChI=1S/C18H19N3O2S.C16H27N3O4.C6H8O2/c1-23-12-6-7-13-14(8-12)20-15(9-17(13)22)16-10-24-18(21-16)19-11-4-2-3-5-11;1-16(2,3)12(18-15(22)23-10-6-4-7-10)14(21)19-9-5-8-11(19)13(17)20;1-2-4-3-5(4)6(7)8/h6-11H,2-5H2,1H3,(H,19,21)(H,20,22);10-12H,4-9H2,1-3H3,(H2,17,20)(H,18,22);2,4-5H,1,3H2,(H,7,8). The maximum absolute atomic E-state index is 12.9. The van der Waals surface area contributed by atoms with Crippen molar-refractivity contribution in [3.63, 3.8) is 0 Å². The number of primary amides is 1. The van der Waals surface area contributed by atoms with Gasteiger partial charge in [0.1, 0.15) is 23.9 Å². The molecule has 15 heteroatoms. The number of anilines is 1. The lowest BCUT2D eigenvalue weighted by Gasteiger charge is -2.35. The van der Waals surface area contributed by atoms with Gasteiger partial charge >= 0.3 is 12.1 Å². The zero-order valence-electron chi connectivity index (χ0n) is 32.1. The van der Waals surface area contributed by atoms with Crippen LogP contribution in [0.15, 0.2) is 47.1 Å². The van der Waals surface area contributed by atoms with Crippen LogP contribution < -0.4 is 26.5 Å². The van der Waals surface area contributed by atoms with Crippen molar-refractivity contribution < 1.29 is 33.8 Å². The van der Waals surface area contributed by atoms with E-state index in [9.17, 15) is 24.0 Å². The lowest BCUT2D eigenvalue weighted by Crippen LogP contribution is -2.57. The van der Waals surface area contributed by atoms with E-state index >= 15 is 0 Å². The van der Waals surface area contributed by atoms with Crippen LogP contribution in [0.4, 0.5) is 9.93 Å². The molecular weight excluding hydrogens is 725 g/mol. The summed E-state index contributed by atoms with van der Waals surface area (Å²) in [4.78, 5) is 68.3. The number of alkyl carbamates (subject to hydrolysis) is 1. The van der Waals surface area contributed by atoms with Crippen LogP contribution in [-0.2, 0) is 19.1 Å². The molecule has 1 aliphatic heterocycles. The van der Waals surface area contributed by atoms with E-state index in [1.807, 2.05) is 32.2 Å². The second kappa shape index (κ2) is 18.1. The molecule has 1 saturated heterocycles. The number of carboxylic acids is 1. The smallest absolute Gasteiger partial charge is 0.408 e. The third-order valence-electron chi connectivity index (χ3n) is 10.5. The summed E-state index contributed by atoms with van der Waals surface area (Å²) >= 11 is 1.58. The molecule has 3 amide bonds. The van der Waals surface area contributed by atoms with Gasteiger partial charge in [-0.25, -0.2) is 9.78 Å². The van der Waals surface area contributed by atoms with Crippen molar-refractivity contribution in [3.05, 3.63) is 52.5 Å². The summed E-state index contributed by atoms with van der Waals surface area (Å²) in [5, 5.41) is 18.0. The Labute approximate surface area is 325 Å². The van der Waals surface area contributed by atoms with Crippen LogP contribution in [0.5, 0.6) is 5.75 Å². The summed E-state index contributed by atoms with van der Waals surface area (Å²) in [5.41, 5.74) is 7.16. The second-order valence-corrected chi connectivity index (χ2v) is 16.6. The topological polar surface area (TPSA) is 206 Å². The Kier molecular flexibility index (Phi) is 13.6. The number of aliphatic carboxylic acids is 1. The molecule has 3 aliphatic carbocycles. The van der Waals surface area contributed by atoms with Crippen molar-refractivity contribution in [3.8, 4) is 17.1 Å². The molecule has 55 heavy (non-hydrogen) atoms. The monoisotopic (exact) mass is 778 g/mol. The molecule has 4 unspecified atom stereocenters. The van der Waals surface area contributed by atoms with E-state index in [-0.39, 0.29) is 29.3 Å². The summed E-state index contributed by atoms with van der Waals surface area (Å²) in [7, 11) is 1.62. The number of nitrogens with one attached hydrogen (secondary N) is 3. The average molecular weight is 779 g/mol. The van der Waals surface area contributed by atoms with Gasteiger partial charge in [0.2, 0.25) is 11.8 Å². The second-order valence-electron chi connectivity index (χ2n) is 15.7. The number of thiazole rings is 1. The van der Waals surface area contributed by atoms with E-state index in [1.54, 1.807) is 42.7 Å². The highest BCUT2D eigenvalue weighted by Crippen LogP contribution is 2.39. The van der Waals surface area contributed by atoms with Gasteiger partial charge in [0.05, 0.1) is 29.9 Å². The number of benzene rings is 1. The lowest BCUT2D eigenvalue weighted by molar-refractivity contribution is -0.141. The Morgan fingerprint density at radius 3 is 2.38 bits per heavy atom. The number of hydrogen-bond donors (Lipinski definition) is 5. The number of carbonyl (C=O) groups is 4. The molecule has 0 bridgehead atoms. The van der Waals surface area contributed by atoms with Gasteiger partial charge in [-0.15, -0.1) is 17.9 Å². The predicted octanol–water partition coefficient (Wildman–Crippen LogP) is 6.06. The molecule has 298 valence electrons. The minimum atomic E-state index is -0.755. The predicted molar refractivity (Wildman–Crippen MR) is 212 cm³/mol. The van der Waals surface area contributed by atoms with E-state index < -0.39 is 35.5 Å². The van der Waals surface area contributed by atoms with Crippen molar-refractivity contribution in [1.29, 1.82) is 0 Å². The number of allylic oxidation sites excluding steroid dienone is 1. The number of rotatable bonds is 10. The highest BCUT2D eigenvalue weighted by atomic mass is 32.1. The van der Waals surface area contributed by atoms with Crippen molar-refractivity contribution in [1.82, 2.24) is 20.2 Å². The number of carbonyl (C=O) groups excluding carboxylic acids is 3. The molecule has 4 atom stereocenters. The molecule has 3 aromatic rings. The van der Waals surface area contributed by atoms with Crippen LogP contribution in [0.3, 0.4) is 0 Å². The lowest BCUT2D eigenvalue weighted by atomic mass is 9.85. The van der Waals surface area contributed by atoms with Crippen molar-refractivity contribution >= 4 is 51.2 Å². The van der Waals surface area contributed by atoms with Crippen molar-refractivity contribution in [2.24, 2.45) is 23.0 Å². The van der Waals surface area contributed by atoms with E-state index in [0.29, 0.717) is 24.4 Å². The summed E-state index contributed by atoms with van der Waals surface area (Å²) in [6, 6.07) is 6.22. The molecular formula is C40H54N6O8S. The zero-order chi connectivity index (χ0) is 39.9. The van der Waals surface area contributed by atoms with Gasteiger partial charge in [0.25, 0.3) is 0 Å². The number of nitrogens with two attached hydrogens (primary N) is 1. The van der Waals surface area contributed by atoms with Gasteiger partial charge in [0.15, 0.2) is 10.6 Å². The first-order valence-corrected chi connectivity index (χ1v) is 19.9. The summed E-state index contributed by atoms with van der Waals surface area (Å²) in [5.74, 6) is -0.600. The van der Waals surface area contributed by atoms with Crippen LogP contribution in [0.1, 0.15) is 85.0 Å². The van der Waals surface area contributed by atoms with Crippen LogP contribution in [0.25, 0.3) is 22.3 Å². The number of fused-ring (bicyclic) bond motifs is 1. The number of likely N-dealkylation sites (tertiary alicyclic amines) is 1. The van der Waals surface area contributed by atoms with E-state index in [0.717, 1.165) is 59.9 Å². The van der Waals surface area contributed by atoms with Crippen LogP contribution in [0.2, 0.25) is 0 Å². The Morgan fingerprint density at radius 2 is 1.82 bits per heavy atom. The molecule has 2 aromatic heterocycles. The number of pyridine rings is 1. The first kappa shape index (κ1) is 41.2. The fourth-order valence-corrected chi connectivity index (χ4v) is 7.69. The fourth-order valence-electron chi connectivity index (χ4n) is 6.90. The third-order valence-corrected chi connectivity index (χ3v) is 11.3. The maximum atomic E-state index is 12.9. The largest absolute Gasteiger partial charge is 0.497 e. The van der Waals surface area contributed by atoms with E-state index in [4.69, 9.17) is 20.3 Å². The first-order valence-electron chi connectivity index (χ1n) is 19.0. The number of amides is 3. The number of methoxy groups -OCH3 is 1. The molecule has 6 N–H and O–H groups in total. The summed E-state index contributed by atoms with van der Waals surface area (Å²) in [6.07, 6.45) is 11.0. The fraction of sp³-hybridized carbons (Fsp3) is 0.550. The van der Waals surface area contributed by atoms with Gasteiger partial charge in [-0.05, 0) is 74.8 Å². The normalized spacial score (nSPS) is 21.2. The van der Waals surface area contributed by atoms with E-state index in [1.165, 1.54) is 30.6 Å². The molecule has 1 aromatic carbocycles. The maximum Gasteiger partial charge on any atom is 0.408 e. The Balaban J connectivity index is 0.000000176. The minimum absolute atomic E-state index is 0.0142. The summed E-state index contributed by atoms with van der Waals surface area (Å²) in [6.45, 7) is 9.59. The number of nitrogens with zero attached hydrogens (tertiary/aromatic N) is 2. The molecule has 3 saturated carbocycles. The third kappa shape index (κ3) is 10.9. The SMILES string of the molecule is C=CC1CC1C(=O)O.CC(C)(C)C(NC(=O)OC1CCC1)C(=O)N1CCCC1C(N)=O.COc1ccc2c(=O)cc(-c3csc(NC4CCCC4)n3)[nH]c2c1. The van der Waals surface area contributed by atoms with Crippen LogP contribution >= 0.6 is 11.3 Å². The van der Waals surface area contributed by atoms with Gasteiger partial charge in [0, 0.05) is 35.5 Å².